The normalized spacial score (nSPS) is 18.9. The Balaban J connectivity index is 1.74. The van der Waals surface area contributed by atoms with Crippen LogP contribution in [0.4, 0.5) is 0 Å². The summed E-state index contributed by atoms with van der Waals surface area (Å²) < 4.78 is 0. The highest BCUT2D eigenvalue weighted by Crippen LogP contribution is 2.25. The molecule has 0 aromatic heterocycles. The quantitative estimate of drug-likeness (QED) is 0.573. The second-order valence-electron chi connectivity index (χ2n) is 6.23. The first kappa shape index (κ1) is 17.0. The van der Waals surface area contributed by atoms with Crippen LogP contribution in [0.15, 0.2) is 30.3 Å². The van der Waals surface area contributed by atoms with Crippen molar-refractivity contribution in [1.82, 2.24) is 9.80 Å². The average molecular weight is 303 g/mol. The van der Waals surface area contributed by atoms with E-state index >= 15 is 0 Å². The third kappa shape index (κ3) is 5.11. The van der Waals surface area contributed by atoms with Crippen LogP contribution >= 0.6 is 0 Å². The molecule has 22 heavy (non-hydrogen) atoms. The number of nitrogens with one attached hydrogen (secondary N) is 1. The molecule has 2 unspecified atom stereocenters. The lowest BCUT2D eigenvalue weighted by atomic mass is 9.92. The van der Waals surface area contributed by atoms with Crippen LogP contribution in [0.25, 0.3) is 0 Å². The van der Waals surface area contributed by atoms with Gasteiger partial charge in [-0.25, -0.2) is 0 Å². The molecule has 4 nitrogen and oxygen atoms in total. The SMILES string of the molecule is CCC(CCN1CCN(C=N)CC1)CC(O)c1ccccc1. The summed E-state index contributed by atoms with van der Waals surface area (Å²) in [6.45, 7) is 7.35. The summed E-state index contributed by atoms with van der Waals surface area (Å²) in [5, 5.41) is 17.7. The molecule has 0 aliphatic carbocycles. The summed E-state index contributed by atoms with van der Waals surface area (Å²) in [6, 6.07) is 9.98. The van der Waals surface area contributed by atoms with Crippen LogP contribution < -0.4 is 0 Å². The molecule has 1 aromatic rings. The van der Waals surface area contributed by atoms with E-state index in [0.29, 0.717) is 5.92 Å². The van der Waals surface area contributed by atoms with E-state index in [2.05, 4.69) is 16.7 Å². The van der Waals surface area contributed by atoms with Gasteiger partial charge in [-0.05, 0) is 30.9 Å². The molecule has 0 saturated carbocycles. The molecule has 2 atom stereocenters. The Labute approximate surface area is 134 Å². The second kappa shape index (κ2) is 8.91. The van der Waals surface area contributed by atoms with Crippen molar-refractivity contribution in [3.8, 4) is 0 Å². The fraction of sp³-hybridized carbons (Fsp3) is 0.611. The highest BCUT2D eigenvalue weighted by Gasteiger charge is 2.18. The van der Waals surface area contributed by atoms with Crippen molar-refractivity contribution in [2.24, 2.45) is 5.92 Å². The van der Waals surface area contributed by atoms with Gasteiger partial charge in [0.05, 0.1) is 12.4 Å². The first-order valence-electron chi connectivity index (χ1n) is 8.43. The smallest absolute Gasteiger partial charge is 0.0818 e. The van der Waals surface area contributed by atoms with E-state index in [-0.39, 0.29) is 6.10 Å². The van der Waals surface area contributed by atoms with Crippen LogP contribution in [-0.2, 0) is 0 Å². The van der Waals surface area contributed by atoms with Crippen molar-refractivity contribution in [2.75, 3.05) is 32.7 Å². The molecule has 1 aromatic carbocycles. The van der Waals surface area contributed by atoms with Gasteiger partial charge in [-0.1, -0.05) is 43.7 Å². The molecule has 1 heterocycles. The minimum atomic E-state index is -0.346. The lowest BCUT2D eigenvalue weighted by Gasteiger charge is -2.34. The van der Waals surface area contributed by atoms with Gasteiger partial charge in [-0.2, -0.15) is 0 Å². The van der Waals surface area contributed by atoms with E-state index in [1.54, 1.807) is 0 Å². The molecule has 122 valence electrons. The highest BCUT2D eigenvalue weighted by molar-refractivity contribution is 5.50. The van der Waals surface area contributed by atoms with Gasteiger partial charge in [0, 0.05) is 26.2 Å². The largest absolute Gasteiger partial charge is 0.388 e. The molecule has 0 spiro atoms. The molecule has 0 amide bonds. The van der Waals surface area contributed by atoms with Gasteiger partial charge in [-0.15, -0.1) is 0 Å². The Bertz CT molecular complexity index is 429. The van der Waals surface area contributed by atoms with Crippen LogP contribution in [0, 0.1) is 11.3 Å². The average Bonchev–Trinajstić information content (AvgIpc) is 2.59. The minimum absolute atomic E-state index is 0.346. The summed E-state index contributed by atoms with van der Waals surface area (Å²) in [5.74, 6) is 0.566. The first-order valence-corrected chi connectivity index (χ1v) is 8.43. The first-order chi connectivity index (χ1) is 10.7. The van der Waals surface area contributed by atoms with E-state index in [1.165, 1.54) is 6.34 Å². The number of hydrogen-bond acceptors (Lipinski definition) is 3. The molecule has 4 heteroatoms. The van der Waals surface area contributed by atoms with Crippen LogP contribution in [0.3, 0.4) is 0 Å². The van der Waals surface area contributed by atoms with E-state index in [0.717, 1.165) is 57.5 Å². The van der Waals surface area contributed by atoms with Crippen LogP contribution in [-0.4, -0.2) is 54.0 Å². The van der Waals surface area contributed by atoms with Gasteiger partial charge >= 0.3 is 0 Å². The summed E-state index contributed by atoms with van der Waals surface area (Å²) in [6.07, 6.45) is 4.21. The second-order valence-corrected chi connectivity index (χ2v) is 6.23. The van der Waals surface area contributed by atoms with Gasteiger partial charge < -0.3 is 10.0 Å². The highest BCUT2D eigenvalue weighted by atomic mass is 16.3. The summed E-state index contributed by atoms with van der Waals surface area (Å²) in [5.41, 5.74) is 1.03. The van der Waals surface area contributed by atoms with E-state index < -0.39 is 0 Å². The fourth-order valence-corrected chi connectivity index (χ4v) is 3.10. The Kier molecular flexibility index (Phi) is 6.87. The number of benzene rings is 1. The van der Waals surface area contributed by atoms with Crippen molar-refractivity contribution in [1.29, 1.82) is 5.41 Å². The molecule has 2 N–H and O–H groups in total. The van der Waals surface area contributed by atoms with Crippen molar-refractivity contribution in [2.45, 2.75) is 32.3 Å². The molecule has 0 bridgehead atoms. The lowest BCUT2D eigenvalue weighted by Crippen LogP contribution is -2.46. The van der Waals surface area contributed by atoms with E-state index in [9.17, 15) is 5.11 Å². The third-order valence-corrected chi connectivity index (χ3v) is 4.76. The summed E-state index contributed by atoms with van der Waals surface area (Å²) >= 11 is 0. The van der Waals surface area contributed by atoms with Crippen molar-refractivity contribution < 1.29 is 5.11 Å². The number of nitrogens with zero attached hydrogens (tertiary/aromatic N) is 2. The van der Waals surface area contributed by atoms with Crippen LogP contribution in [0.1, 0.15) is 37.9 Å². The summed E-state index contributed by atoms with van der Waals surface area (Å²) in [7, 11) is 0. The zero-order chi connectivity index (χ0) is 15.8. The summed E-state index contributed by atoms with van der Waals surface area (Å²) in [4.78, 5) is 4.55. The monoisotopic (exact) mass is 303 g/mol. The number of hydrogen-bond donors (Lipinski definition) is 2. The van der Waals surface area contributed by atoms with Crippen LogP contribution in [0.5, 0.6) is 0 Å². The number of aliphatic hydroxyl groups excluding tert-OH is 1. The molecule has 1 aliphatic heterocycles. The number of piperazine rings is 1. The standard InChI is InChI=1S/C18H29N3O/c1-2-16(14-18(22)17-6-4-3-5-7-17)8-9-20-10-12-21(15-19)13-11-20/h3-7,15-16,18-19,22H,2,8-14H2,1H3. The molecule has 0 radical (unpaired) electrons. The van der Waals surface area contributed by atoms with Crippen molar-refractivity contribution >= 4 is 6.34 Å². The minimum Gasteiger partial charge on any atom is -0.388 e. The Morgan fingerprint density at radius 3 is 2.45 bits per heavy atom. The van der Waals surface area contributed by atoms with Crippen molar-refractivity contribution in [3.63, 3.8) is 0 Å². The van der Waals surface area contributed by atoms with Crippen molar-refractivity contribution in [3.05, 3.63) is 35.9 Å². The Morgan fingerprint density at radius 1 is 1.18 bits per heavy atom. The molecular weight excluding hydrogens is 274 g/mol. The molecule has 1 aliphatic rings. The predicted octanol–water partition coefficient (Wildman–Crippen LogP) is 2.75. The van der Waals surface area contributed by atoms with Gasteiger partial charge in [0.25, 0.3) is 0 Å². The topological polar surface area (TPSA) is 50.6 Å². The van der Waals surface area contributed by atoms with Gasteiger partial charge in [0.2, 0.25) is 0 Å². The maximum atomic E-state index is 10.4. The molecule has 1 saturated heterocycles. The van der Waals surface area contributed by atoms with Gasteiger partial charge in [0.15, 0.2) is 0 Å². The van der Waals surface area contributed by atoms with Gasteiger partial charge in [0.1, 0.15) is 0 Å². The lowest BCUT2D eigenvalue weighted by molar-refractivity contribution is 0.127. The van der Waals surface area contributed by atoms with E-state index in [1.807, 2.05) is 30.3 Å². The maximum Gasteiger partial charge on any atom is 0.0818 e. The molecule has 1 fully saturated rings. The van der Waals surface area contributed by atoms with Crippen LogP contribution in [0.2, 0.25) is 0 Å². The Morgan fingerprint density at radius 2 is 1.86 bits per heavy atom. The number of rotatable bonds is 8. The van der Waals surface area contributed by atoms with Gasteiger partial charge in [-0.3, -0.25) is 10.3 Å². The fourth-order valence-electron chi connectivity index (χ4n) is 3.10. The zero-order valence-electron chi connectivity index (χ0n) is 13.6. The van der Waals surface area contributed by atoms with E-state index in [4.69, 9.17) is 5.41 Å². The zero-order valence-corrected chi connectivity index (χ0v) is 13.6. The molecular formula is C18H29N3O. The molecule has 2 rings (SSSR count). The third-order valence-electron chi connectivity index (χ3n) is 4.76. The Hall–Kier alpha value is -1.39. The maximum absolute atomic E-state index is 10.4. The predicted molar refractivity (Wildman–Crippen MR) is 91.2 cm³/mol. The number of aliphatic hydroxyl groups is 1.